The summed E-state index contributed by atoms with van der Waals surface area (Å²) in [5, 5.41) is 2.65. The second-order valence-corrected chi connectivity index (χ2v) is 8.56. The molecule has 0 bridgehead atoms. The van der Waals surface area contributed by atoms with Gasteiger partial charge in [-0.15, -0.1) is 0 Å². The lowest BCUT2D eigenvalue weighted by Crippen LogP contribution is -2.37. The summed E-state index contributed by atoms with van der Waals surface area (Å²) < 4.78 is 46.8. The van der Waals surface area contributed by atoms with E-state index in [1.165, 1.54) is 0 Å². The molecule has 2 N–H and O–H groups in total. The monoisotopic (exact) mass is 422 g/mol. The topological polar surface area (TPSA) is 101 Å². The Hall–Kier alpha value is -2.56. The molecular weight excluding hydrogens is 399 g/mol. The van der Waals surface area contributed by atoms with Crippen molar-refractivity contribution in [3.8, 4) is 0 Å². The van der Waals surface area contributed by atoms with Crippen LogP contribution in [0.1, 0.15) is 24.2 Å². The Morgan fingerprint density at radius 3 is 2.66 bits per heavy atom. The maximum absolute atomic E-state index is 14.3. The lowest BCUT2D eigenvalue weighted by atomic mass is 10.2. The summed E-state index contributed by atoms with van der Waals surface area (Å²) in [7, 11) is -3.86. The second kappa shape index (κ2) is 8.85. The van der Waals surface area contributed by atoms with Gasteiger partial charge in [-0.2, -0.15) is 0 Å². The van der Waals surface area contributed by atoms with Gasteiger partial charge in [0.2, 0.25) is 10.0 Å². The molecule has 1 saturated heterocycles. The Kier molecular flexibility index (Phi) is 6.46. The smallest absolute Gasteiger partial charge is 0.258 e. The molecular formula is C19H23FN4O4S. The van der Waals surface area contributed by atoms with Crippen molar-refractivity contribution >= 4 is 27.4 Å². The number of ether oxygens (including phenoxy) is 1. The number of halogens is 1. The zero-order chi connectivity index (χ0) is 21.0. The average Bonchev–Trinajstić information content (AvgIpc) is 2.68. The van der Waals surface area contributed by atoms with Gasteiger partial charge in [0, 0.05) is 25.3 Å². The number of benzene rings is 1. The predicted molar refractivity (Wildman–Crippen MR) is 107 cm³/mol. The maximum atomic E-state index is 14.3. The molecule has 156 valence electrons. The highest BCUT2D eigenvalue weighted by atomic mass is 32.2. The number of carbonyl (C=O) groups is 1. The molecule has 1 aliphatic heterocycles. The molecule has 3 rings (SSSR count). The van der Waals surface area contributed by atoms with E-state index in [2.05, 4.69) is 15.0 Å². The number of amides is 1. The summed E-state index contributed by atoms with van der Waals surface area (Å²) in [5.74, 6) is -1.02. The number of aromatic nitrogens is 1. The van der Waals surface area contributed by atoms with Crippen molar-refractivity contribution in [2.24, 2.45) is 0 Å². The third kappa shape index (κ3) is 5.08. The summed E-state index contributed by atoms with van der Waals surface area (Å²) >= 11 is 0. The SMILES string of the molecule is CC(C)NS(=O)(=O)c1ccc(F)c(C(=O)Nc2cccnc2N2CCOCC2)c1. The molecule has 1 amide bonds. The number of hydrogen-bond acceptors (Lipinski definition) is 6. The lowest BCUT2D eigenvalue weighted by Gasteiger charge is -2.29. The van der Waals surface area contributed by atoms with E-state index in [0.717, 1.165) is 18.2 Å². The largest absolute Gasteiger partial charge is 0.378 e. The zero-order valence-electron chi connectivity index (χ0n) is 16.2. The van der Waals surface area contributed by atoms with E-state index in [1.807, 2.05) is 4.90 Å². The van der Waals surface area contributed by atoms with Crippen LogP contribution in [0.15, 0.2) is 41.4 Å². The van der Waals surface area contributed by atoms with Crippen molar-refractivity contribution in [1.82, 2.24) is 9.71 Å². The summed E-state index contributed by atoms with van der Waals surface area (Å²) in [6.45, 7) is 5.66. The first-order chi connectivity index (χ1) is 13.8. The Balaban J connectivity index is 1.88. The number of nitrogens with zero attached hydrogens (tertiary/aromatic N) is 2. The molecule has 0 spiro atoms. The first-order valence-electron chi connectivity index (χ1n) is 9.19. The highest BCUT2D eigenvalue weighted by molar-refractivity contribution is 7.89. The molecule has 2 aromatic rings. The van der Waals surface area contributed by atoms with Crippen molar-refractivity contribution < 1.29 is 22.3 Å². The minimum atomic E-state index is -3.86. The molecule has 0 radical (unpaired) electrons. The van der Waals surface area contributed by atoms with Gasteiger partial charge in [-0.25, -0.2) is 22.5 Å². The molecule has 1 aromatic carbocycles. The first-order valence-corrected chi connectivity index (χ1v) is 10.7. The normalized spacial score (nSPS) is 14.8. The van der Waals surface area contributed by atoms with Gasteiger partial charge in [0.15, 0.2) is 5.82 Å². The van der Waals surface area contributed by atoms with Gasteiger partial charge >= 0.3 is 0 Å². The molecule has 0 unspecified atom stereocenters. The van der Waals surface area contributed by atoms with Gasteiger partial charge in [-0.3, -0.25) is 4.79 Å². The first kappa shape index (κ1) is 21.2. The van der Waals surface area contributed by atoms with Crippen LogP contribution in [0.25, 0.3) is 0 Å². The number of hydrogen-bond donors (Lipinski definition) is 2. The van der Waals surface area contributed by atoms with Crippen LogP contribution in [0.3, 0.4) is 0 Å². The van der Waals surface area contributed by atoms with Crippen LogP contribution in [-0.2, 0) is 14.8 Å². The Bertz CT molecular complexity index is 991. The third-order valence-corrected chi connectivity index (χ3v) is 5.89. The van der Waals surface area contributed by atoms with Crippen molar-refractivity contribution in [2.75, 3.05) is 36.5 Å². The van der Waals surface area contributed by atoms with Gasteiger partial charge in [0.05, 0.1) is 29.4 Å². The average molecular weight is 422 g/mol. The highest BCUT2D eigenvalue weighted by Gasteiger charge is 2.22. The molecule has 1 fully saturated rings. The Labute approximate surface area is 169 Å². The van der Waals surface area contributed by atoms with E-state index >= 15 is 0 Å². The van der Waals surface area contributed by atoms with Crippen LogP contribution in [0.2, 0.25) is 0 Å². The van der Waals surface area contributed by atoms with Gasteiger partial charge in [-0.05, 0) is 44.2 Å². The number of carbonyl (C=O) groups excluding carboxylic acids is 1. The standard InChI is InChI=1S/C19H23FN4O4S/c1-13(2)23-29(26,27)14-5-6-16(20)15(12-14)19(25)22-17-4-3-7-21-18(17)24-8-10-28-11-9-24/h3-7,12-13,23H,8-11H2,1-2H3,(H,22,25). The van der Waals surface area contributed by atoms with E-state index in [4.69, 9.17) is 4.74 Å². The number of rotatable bonds is 6. The fraction of sp³-hybridized carbons (Fsp3) is 0.368. The van der Waals surface area contributed by atoms with Crippen molar-refractivity contribution in [3.05, 3.63) is 47.9 Å². The molecule has 2 heterocycles. The second-order valence-electron chi connectivity index (χ2n) is 6.85. The molecule has 0 aliphatic carbocycles. The fourth-order valence-electron chi connectivity index (χ4n) is 2.94. The number of nitrogens with one attached hydrogen (secondary N) is 2. The van der Waals surface area contributed by atoms with Crippen LogP contribution in [0.4, 0.5) is 15.9 Å². The Morgan fingerprint density at radius 1 is 1.24 bits per heavy atom. The van der Waals surface area contributed by atoms with E-state index in [1.54, 1.807) is 32.2 Å². The summed E-state index contributed by atoms with van der Waals surface area (Å²) in [6.07, 6.45) is 1.60. The molecule has 0 atom stereocenters. The maximum Gasteiger partial charge on any atom is 0.258 e. The lowest BCUT2D eigenvalue weighted by molar-refractivity contribution is 0.102. The third-order valence-electron chi connectivity index (χ3n) is 4.23. The van der Waals surface area contributed by atoms with E-state index in [9.17, 15) is 17.6 Å². The van der Waals surface area contributed by atoms with Crippen molar-refractivity contribution in [3.63, 3.8) is 0 Å². The van der Waals surface area contributed by atoms with Crippen LogP contribution < -0.4 is 14.9 Å². The van der Waals surface area contributed by atoms with Crippen LogP contribution in [0, 0.1) is 5.82 Å². The minimum Gasteiger partial charge on any atom is -0.378 e. The van der Waals surface area contributed by atoms with Crippen LogP contribution >= 0.6 is 0 Å². The Morgan fingerprint density at radius 2 is 1.97 bits per heavy atom. The number of morpholine rings is 1. The van der Waals surface area contributed by atoms with E-state index < -0.39 is 21.7 Å². The fourth-order valence-corrected chi connectivity index (χ4v) is 4.21. The van der Waals surface area contributed by atoms with E-state index in [0.29, 0.717) is 37.8 Å². The summed E-state index contributed by atoms with van der Waals surface area (Å²) in [6, 6.07) is 6.10. The van der Waals surface area contributed by atoms with E-state index in [-0.39, 0.29) is 16.5 Å². The van der Waals surface area contributed by atoms with Gasteiger partial charge in [0.25, 0.3) is 5.91 Å². The summed E-state index contributed by atoms with van der Waals surface area (Å²) in [4.78, 5) is 18.8. The quantitative estimate of drug-likeness (QED) is 0.739. The van der Waals surface area contributed by atoms with Gasteiger partial charge in [0.1, 0.15) is 5.82 Å². The molecule has 10 heteroatoms. The summed E-state index contributed by atoms with van der Waals surface area (Å²) in [5.41, 5.74) is 0.0424. The molecule has 1 aliphatic rings. The molecule has 29 heavy (non-hydrogen) atoms. The molecule has 0 saturated carbocycles. The van der Waals surface area contributed by atoms with Crippen LogP contribution in [-0.4, -0.2) is 51.7 Å². The zero-order valence-corrected chi connectivity index (χ0v) is 17.0. The number of pyridine rings is 1. The number of anilines is 2. The number of sulfonamides is 1. The molecule has 1 aromatic heterocycles. The van der Waals surface area contributed by atoms with Gasteiger partial charge in [-0.1, -0.05) is 0 Å². The molecule has 8 nitrogen and oxygen atoms in total. The van der Waals surface area contributed by atoms with Crippen LogP contribution in [0.5, 0.6) is 0 Å². The van der Waals surface area contributed by atoms with Crippen molar-refractivity contribution in [2.45, 2.75) is 24.8 Å². The van der Waals surface area contributed by atoms with Gasteiger partial charge < -0.3 is 15.0 Å². The minimum absolute atomic E-state index is 0.183. The highest BCUT2D eigenvalue weighted by Crippen LogP contribution is 2.25. The van der Waals surface area contributed by atoms with Crippen molar-refractivity contribution in [1.29, 1.82) is 0 Å². The predicted octanol–water partition coefficient (Wildman–Crippen LogP) is 2.00.